The fraction of sp³-hybridized carbons (Fsp3) is 0.318. The summed E-state index contributed by atoms with van der Waals surface area (Å²) in [7, 11) is -1.31. The van der Waals surface area contributed by atoms with Crippen molar-refractivity contribution in [3.05, 3.63) is 59.2 Å². The van der Waals surface area contributed by atoms with Crippen LogP contribution in [0.15, 0.2) is 47.4 Å². The van der Waals surface area contributed by atoms with Crippen LogP contribution in [0.3, 0.4) is 0 Å². The predicted molar refractivity (Wildman–Crippen MR) is 116 cm³/mol. The molecule has 10 heteroatoms. The second-order valence-electron chi connectivity index (χ2n) is 7.23. The van der Waals surface area contributed by atoms with Gasteiger partial charge >= 0.3 is 11.9 Å². The molecule has 2 aromatic rings. The maximum Gasteiger partial charge on any atom is 0.337 e. The fourth-order valence-corrected chi connectivity index (χ4v) is 4.99. The molecule has 0 radical (unpaired) electrons. The number of esters is 2. The zero-order valence-corrected chi connectivity index (χ0v) is 18.6. The van der Waals surface area contributed by atoms with Crippen molar-refractivity contribution in [1.29, 1.82) is 0 Å². The number of hydrogen-bond acceptors (Lipinski definition) is 7. The van der Waals surface area contributed by atoms with E-state index in [1.54, 1.807) is 0 Å². The van der Waals surface area contributed by atoms with Gasteiger partial charge in [-0.1, -0.05) is 12.5 Å². The van der Waals surface area contributed by atoms with Crippen LogP contribution in [-0.4, -0.2) is 57.9 Å². The quantitative estimate of drug-likeness (QED) is 0.658. The second-order valence-corrected chi connectivity index (χ2v) is 9.17. The second kappa shape index (κ2) is 9.92. The third-order valence-electron chi connectivity index (χ3n) is 5.08. The Morgan fingerprint density at radius 3 is 2.00 bits per heavy atom. The van der Waals surface area contributed by atoms with E-state index in [1.165, 1.54) is 61.0 Å². The fourth-order valence-electron chi connectivity index (χ4n) is 3.43. The lowest BCUT2D eigenvalue weighted by molar-refractivity contribution is 0.0598. The van der Waals surface area contributed by atoms with Crippen LogP contribution in [0.5, 0.6) is 0 Å². The lowest BCUT2D eigenvalue weighted by Crippen LogP contribution is -2.35. The number of ether oxygens (including phenoxy) is 2. The Morgan fingerprint density at radius 1 is 0.844 bits per heavy atom. The summed E-state index contributed by atoms with van der Waals surface area (Å²) < 4.78 is 36.6. The van der Waals surface area contributed by atoms with E-state index in [9.17, 15) is 22.8 Å². The monoisotopic (exact) mass is 460 g/mol. The highest BCUT2D eigenvalue weighted by atomic mass is 32.2. The first-order valence-corrected chi connectivity index (χ1v) is 11.4. The van der Waals surface area contributed by atoms with Crippen molar-refractivity contribution in [3.8, 4) is 0 Å². The van der Waals surface area contributed by atoms with Crippen molar-refractivity contribution in [2.45, 2.75) is 24.2 Å². The number of piperidine rings is 1. The molecule has 1 N–H and O–H groups in total. The van der Waals surface area contributed by atoms with Gasteiger partial charge in [-0.3, -0.25) is 4.79 Å². The van der Waals surface area contributed by atoms with Gasteiger partial charge in [0.15, 0.2) is 0 Å². The molecule has 1 heterocycles. The van der Waals surface area contributed by atoms with E-state index in [2.05, 4.69) is 14.8 Å². The van der Waals surface area contributed by atoms with Crippen LogP contribution in [0.1, 0.15) is 50.3 Å². The zero-order valence-electron chi connectivity index (χ0n) is 17.8. The topological polar surface area (TPSA) is 119 Å². The van der Waals surface area contributed by atoms with Crippen molar-refractivity contribution in [2.24, 2.45) is 0 Å². The molecule has 0 spiro atoms. The minimum absolute atomic E-state index is 0.0330. The maximum atomic E-state index is 12.9. The van der Waals surface area contributed by atoms with Crippen LogP contribution in [0, 0.1) is 0 Å². The standard InChI is InChI=1S/C22H24N2O7S/c1-30-21(26)16-11-17(22(27)31-2)13-18(12-16)23-20(25)15-7-6-8-19(14-15)32(28,29)24-9-4-3-5-10-24/h6-8,11-14H,3-5,9-10H2,1-2H3,(H,23,25). The van der Waals surface area contributed by atoms with Crippen molar-refractivity contribution in [2.75, 3.05) is 32.6 Å². The Labute approximate surface area is 186 Å². The molecule has 0 aliphatic carbocycles. The van der Waals surface area contributed by atoms with Gasteiger partial charge in [0, 0.05) is 24.3 Å². The smallest absolute Gasteiger partial charge is 0.337 e. The Bertz CT molecular complexity index is 1100. The molecule has 1 fully saturated rings. The Balaban J connectivity index is 1.88. The molecule has 0 bridgehead atoms. The van der Waals surface area contributed by atoms with Crippen molar-refractivity contribution in [3.63, 3.8) is 0 Å². The first-order chi connectivity index (χ1) is 15.3. The van der Waals surface area contributed by atoms with Gasteiger partial charge in [-0.15, -0.1) is 0 Å². The van der Waals surface area contributed by atoms with Crippen LogP contribution < -0.4 is 5.32 Å². The molecule has 32 heavy (non-hydrogen) atoms. The molecule has 9 nitrogen and oxygen atoms in total. The average Bonchev–Trinajstić information content (AvgIpc) is 2.83. The number of nitrogens with zero attached hydrogens (tertiary/aromatic N) is 1. The Hall–Kier alpha value is -3.24. The summed E-state index contributed by atoms with van der Waals surface area (Å²) in [5.41, 5.74) is 0.369. The number of amides is 1. The van der Waals surface area contributed by atoms with E-state index in [1.807, 2.05) is 0 Å². The number of rotatable bonds is 6. The zero-order chi connectivity index (χ0) is 23.3. The molecule has 1 aliphatic rings. The largest absolute Gasteiger partial charge is 0.465 e. The first-order valence-electron chi connectivity index (χ1n) is 9.99. The molecule has 0 unspecified atom stereocenters. The van der Waals surface area contributed by atoms with Gasteiger partial charge in [0.2, 0.25) is 10.0 Å². The SMILES string of the molecule is COC(=O)c1cc(NC(=O)c2cccc(S(=O)(=O)N3CCCCC3)c2)cc(C(=O)OC)c1. The normalized spacial score (nSPS) is 14.4. The summed E-state index contributed by atoms with van der Waals surface area (Å²) in [6, 6.07) is 9.74. The van der Waals surface area contributed by atoms with E-state index in [0.29, 0.717) is 13.1 Å². The van der Waals surface area contributed by atoms with Gasteiger partial charge in [0.25, 0.3) is 5.91 Å². The van der Waals surface area contributed by atoms with Crippen molar-refractivity contribution >= 4 is 33.6 Å². The molecule has 0 aromatic heterocycles. The molecule has 2 aromatic carbocycles. The first kappa shape index (κ1) is 23.4. The van der Waals surface area contributed by atoms with Gasteiger partial charge in [-0.2, -0.15) is 4.31 Å². The number of hydrogen-bond donors (Lipinski definition) is 1. The van der Waals surface area contributed by atoms with Gasteiger partial charge in [0.1, 0.15) is 0 Å². The molecule has 1 amide bonds. The molecule has 1 aliphatic heterocycles. The molecular formula is C22H24N2O7S. The molecule has 170 valence electrons. The van der Waals surface area contributed by atoms with Crippen LogP contribution in [-0.2, 0) is 19.5 Å². The minimum Gasteiger partial charge on any atom is -0.465 e. The van der Waals surface area contributed by atoms with Crippen LogP contribution in [0.2, 0.25) is 0 Å². The third kappa shape index (κ3) is 5.14. The number of sulfonamides is 1. The molecule has 3 rings (SSSR count). The number of nitrogens with one attached hydrogen (secondary N) is 1. The van der Waals surface area contributed by atoms with E-state index in [4.69, 9.17) is 0 Å². The molecule has 0 atom stereocenters. The summed E-state index contributed by atoms with van der Waals surface area (Å²) in [6.07, 6.45) is 2.60. The number of anilines is 1. The van der Waals surface area contributed by atoms with Crippen LogP contribution in [0.4, 0.5) is 5.69 Å². The van der Waals surface area contributed by atoms with Gasteiger partial charge in [-0.05, 0) is 49.2 Å². The van der Waals surface area contributed by atoms with E-state index in [0.717, 1.165) is 19.3 Å². The van der Waals surface area contributed by atoms with Crippen LogP contribution >= 0.6 is 0 Å². The minimum atomic E-state index is -3.70. The Morgan fingerprint density at radius 2 is 1.44 bits per heavy atom. The predicted octanol–water partition coefficient (Wildman–Crippen LogP) is 2.69. The summed E-state index contributed by atoms with van der Waals surface area (Å²) in [6.45, 7) is 0.908. The number of carbonyl (C=O) groups is 3. The van der Waals surface area contributed by atoms with E-state index < -0.39 is 27.9 Å². The van der Waals surface area contributed by atoms with E-state index >= 15 is 0 Å². The highest BCUT2D eigenvalue weighted by Gasteiger charge is 2.26. The highest BCUT2D eigenvalue weighted by Crippen LogP contribution is 2.22. The summed E-state index contributed by atoms with van der Waals surface area (Å²) in [4.78, 5) is 36.7. The van der Waals surface area contributed by atoms with E-state index in [-0.39, 0.29) is 27.3 Å². The number of carbonyl (C=O) groups excluding carboxylic acids is 3. The Kier molecular flexibility index (Phi) is 7.26. The molecular weight excluding hydrogens is 436 g/mol. The lowest BCUT2D eigenvalue weighted by atomic mass is 10.1. The number of methoxy groups -OCH3 is 2. The highest BCUT2D eigenvalue weighted by molar-refractivity contribution is 7.89. The number of benzene rings is 2. The lowest BCUT2D eigenvalue weighted by Gasteiger charge is -2.26. The van der Waals surface area contributed by atoms with Crippen molar-refractivity contribution in [1.82, 2.24) is 4.31 Å². The van der Waals surface area contributed by atoms with Crippen LogP contribution in [0.25, 0.3) is 0 Å². The summed E-state index contributed by atoms with van der Waals surface area (Å²) in [5, 5.41) is 2.59. The van der Waals surface area contributed by atoms with Gasteiger partial charge < -0.3 is 14.8 Å². The van der Waals surface area contributed by atoms with Gasteiger partial charge in [0.05, 0.1) is 30.2 Å². The summed E-state index contributed by atoms with van der Waals surface area (Å²) >= 11 is 0. The summed E-state index contributed by atoms with van der Waals surface area (Å²) in [5.74, 6) is -1.99. The third-order valence-corrected chi connectivity index (χ3v) is 6.98. The molecule has 1 saturated heterocycles. The van der Waals surface area contributed by atoms with Crippen molar-refractivity contribution < 1.29 is 32.3 Å². The molecule has 0 saturated carbocycles. The maximum absolute atomic E-state index is 12.9. The average molecular weight is 461 g/mol. The van der Waals surface area contributed by atoms with Gasteiger partial charge in [-0.25, -0.2) is 18.0 Å².